The van der Waals surface area contributed by atoms with E-state index in [2.05, 4.69) is 23.8 Å². The lowest BCUT2D eigenvalue weighted by molar-refractivity contribution is -0.150. The first-order valence-corrected chi connectivity index (χ1v) is 13.1. The Balaban J connectivity index is 2.24. The highest BCUT2D eigenvalue weighted by molar-refractivity contribution is 5.87. The molecule has 2 amide bonds. The fraction of sp³-hybridized carbons (Fsp3) is 0.630. The molecule has 218 valence electrons. The Morgan fingerprint density at radius 2 is 1.15 bits per heavy atom. The molecule has 0 saturated heterocycles. The van der Waals surface area contributed by atoms with Crippen LogP contribution in [0.4, 0.5) is 0 Å². The Morgan fingerprint density at radius 1 is 0.718 bits per heavy atom. The van der Waals surface area contributed by atoms with Crippen molar-refractivity contribution in [3.05, 3.63) is 24.8 Å². The van der Waals surface area contributed by atoms with Crippen LogP contribution < -0.4 is 10.6 Å². The highest BCUT2D eigenvalue weighted by Crippen LogP contribution is 2.19. The van der Waals surface area contributed by atoms with Crippen LogP contribution in [-0.4, -0.2) is 74.2 Å². The molecule has 12 heteroatoms. The van der Waals surface area contributed by atoms with Crippen LogP contribution >= 0.6 is 0 Å². The van der Waals surface area contributed by atoms with E-state index >= 15 is 0 Å². The minimum atomic E-state index is -0.600. The van der Waals surface area contributed by atoms with E-state index < -0.39 is 23.9 Å². The van der Waals surface area contributed by atoms with Crippen molar-refractivity contribution in [1.29, 1.82) is 0 Å². The summed E-state index contributed by atoms with van der Waals surface area (Å²) in [7, 11) is 0. The zero-order chi connectivity index (χ0) is 29.0. The van der Waals surface area contributed by atoms with Gasteiger partial charge in [-0.1, -0.05) is 26.0 Å². The van der Waals surface area contributed by atoms with Crippen molar-refractivity contribution in [2.75, 3.05) is 26.4 Å². The Bertz CT molecular complexity index is 886. The molecular weight excluding hydrogens is 512 g/mol. The van der Waals surface area contributed by atoms with Crippen LogP contribution in [0.25, 0.3) is 0 Å². The number of esters is 4. The molecule has 0 radical (unpaired) electrons. The van der Waals surface area contributed by atoms with E-state index in [-0.39, 0.29) is 81.6 Å². The first kappa shape index (κ1) is 33.3. The van der Waals surface area contributed by atoms with Gasteiger partial charge < -0.3 is 29.6 Å². The quantitative estimate of drug-likeness (QED) is 0.111. The molecule has 0 aromatic rings. The molecule has 1 saturated carbocycles. The van der Waals surface area contributed by atoms with Crippen LogP contribution in [-0.2, 0) is 47.7 Å². The van der Waals surface area contributed by atoms with E-state index in [9.17, 15) is 28.8 Å². The number of hydrogen-bond acceptors (Lipinski definition) is 10. The SMILES string of the molecule is C=CC(=O)OCCOC(=O)CCCC(=O)NC1CCCCC1NC(=O)CCCC(=O)OCCOC(=O)C(=C)C. The van der Waals surface area contributed by atoms with Gasteiger partial charge in [0.25, 0.3) is 0 Å². The number of nitrogens with one attached hydrogen (secondary N) is 2. The number of rotatable bonds is 18. The van der Waals surface area contributed by atoms with Gasteiger partial charge in [-0.2, -0.15) is 0 Å². The second-order valence-corrected chi connectivity index (χ2v) is 9.07. The molecule has 0 heterocycles. The fourth-order valence-corrected chi connectivity index (χ4v) is 3.73. The Kier molecular flexibility index (Phi) is 16.6. The highest BCUT2D eigenvalue weighted by atomic mass is 16.6. The summed E-state index contributed by atoms with van der Waals surface area (Å²) >= 11 is 0. The molecule has 0 spiro atoms. The third-order valence-electron chi connectivity index (χ3n) is 5.71. The summed E-state index contributed by atoms with van der Waals surface area (Å²) in [6.07, 6.45) is 5.28. The third kappa shape index (κ3) is 16.0. The predicted octanol–water partition coefficient (Wildman–Crippen LogP) is 1.81. The molecule has 2 atom stereocenters. The Hall–Kier alpha value is -3.70. The molecule has 1 aliphatic carbocycles. The summed E-state index contributed by atoms with van der Waals surface area (Å²) in [6.45, 7) is 7.96. The van der Waals surface area contributed by atoms with Gasteiger partial charge in [0.2, 0.25) is 11.8 Å². The molecule has 0 aromatic carbocycles. The van der Waals surface area contributed by atoms with Gasteiger partial charge in [0.1, 0.15) is 26.4 Å². The van der Waals surface area contributed by atoms with Crippen molar-refractivity contribution in [3.8, 4) is 0 Å². The smallest absolute Gasteiger partial charge is 0.333 e. The van der Waals surface area contributed by atoms with Crippen LogP contribution in [0, 0.1) is 0 Å². The molecule has 12 nitrogen and oxygen atoms in total. The number of ether oxygens (including phenoxy) is 4. The van der Waals surface area contributed by atoms with Crippen LogP contribution in [0.5, 0.6) is 0 Å². The lowest BCUT2D eigenvalue weighted by Gasteiger charge is -2.33. The number of carbonyl (C=O) groups excluding carboxylic acids is 6. The molecule has 2 unspecified atom stereocenters. The van der Waals surface area contributed by atoms with Crippen LogP contribution in [0.15, 0.2) is 24.8 Å². The summed E-state index contributed by atoms with van der Waals surface area (Å²) in [4.78, 5) is 70.5. The van der Waals surface area contributed by atoms with E-state index in [1.54, 1.807) is 0 Å². The van der Waals surface area contributed by atoms with Crippen LogP contribution in [0.1, 0.15) is 71.1 Å². The van der Waals surface area contributed by atoms with Crippen molar-refractivity contribution in [2.24, 2.45) is 0 Å². The third-order valence-corrected chi connectivity index (χ3v) is 5.71. The summed E-state index contributed by atoms with van der Waals surface area (Å²) in [5.41, 5.74) is 0.257. The van der Waals surface area contributed by atoms with Gasteiger partial charge in [0.05, 0.1) is 0 Å². The monoisotopic (exact) mass is 552 g/mol. The molecule has 1 rings (SSSR count). The first-order valence-electron chi connectivity index (χ1n) is 13.1. The molecule has 0 bridgehead atoms. The predicted molar refractivity (Wildman–Crippen MR) is 139 cm³/mol. The normalized spacial score (nSPS) is 16.2. The van der Waals surface area contributed by atoms with Gasteiger partial charge in [-0.25, -0.2) is 9.59 Å². The molecule has 0 aliphatic heterocycles. The maximum Gasteiger partial charge on any atom is 0.333 e. The minimum absolute atomic E-state index is 0.0507. The zero-order valence-corrected chi connectivity index (χ0v) is 22.6. The van der Waals surface area contributed by atoms with Crippen molar-refractivity contribution in [3.63, 3.8) is 0 Å². The average Bonchev–Trinajstić information content (AvgIpc) is 2.89. The first-order chi connectivity index (χ1) is 18.6. The largest absolute Gasteiger partial charge is 0.462 e. The summed E-state index contributed by atoms with van der Waals surface area (Å²) in [5.74, 6) is -2.57. The van der Waals surface area contributed by atoms with Crippen molar-refractivity contribution in [1.82, 2.24) is 10.6 Å². The number of carbonyl (C=O) groups is 6. The maximum atomic E-state index is 12.4. The summed E-state index contributed by atoms with van der Waals surface area (Å²) < 4.78 is 19.4. The van der Waals surface area contributed by atoms with Crippen molar-refractivity contribution < 1.29 is 47.7 Å². The zero-order valence-electron chi connectivity index (χ0n) is 22.6. The topological polar surface area (TPSA) is 163 Å². The van der Waals surface area contributed by atoms with E-state index in [0.29, 0.717) is 12.8 Å². The van der Waals surface area contributed by atoms with Crippen molar-refractivity contribution >= 4 is 35.7 Å². The van der Waals surface area contributed by atoms with Gasteiger partial charge >= 0.3 is 23.9 Å². The summed E-state index contributed by atoms with van der Waals surface area (Å²) in [5, 5.41) is 5.90. The second kappa shape index (κ2) is 19.4. The van der Waals surface area contributed by atoms with E-state index in [1.807, 2.05) is 0 Å². The second-order valence-electron chi connectivity index (χ2n) is 9.07. The standard InChI is InChI=1S/C27H40N2O10/c1-4-24(32)36-15-16-37-25(33)13-7-11-22(30)28-20-9-5-6-10-21(20)29-23(31)12-8-14-26(34)38-17-18-39-27(35)19(2)3/h4,20-21H,1-2,5-18H2,3H3,(H,28,30)(H,29,31). The number of hydrogen-bond donors (Lipinski definition) is 2. The van der Waals surface area contributed by atoms with Gasteiger partial charge in [0, 0.05) is 49.4 Å². The Morgan fingerprint density at radius 3 is 1.59 bits per heavy atom. The Labute approximate surface area is 228 Å². The average molecular weight is 553 g/mol. The van der Waals surface area contributed by atoms with Crippen molar-refractivity contribution in [2.45, 2.75) is 83.2 Å². The maximum absolute atomic E-state index is 12.4. The van der Waals surface area contributed by atoms with Crippen LogP contribution in [0.3, 0.4) is 0 Å². The lowest BCUT2D eigenvalue weighted by atomic mass is 9.90. The van der Waals surface area contributed by atoms with Crippen LogP contribution in [0.2, 0.25) is 0 Å². The molecule has 39 heavy (non-hydrogen) atoms. The van der Waals surface area contributed by atoms with Gasteiger partial charge in [0.15, 0.2) is 0 Å². The molecule has 1 aliphatic rings. The van der Waals surface area contributed by atoms with Gasteiger partial charge in [-0.3, -0.25) is 19.2 Å². The van der Waals surface area contributed by atoms with Gasteiger partial charge in [-0.15, -0.1) is 0 Å². The highest BCUT2D eigenvalue weighted by Gasteiger charge is 2.27. The van der Waals surface area contributed by atoms with E-state index in [1.165, 1.54) is 6.92 Å². The number of amides is 2. The minimum Gasteiger partial charge on any atom is -0.462 e. The molecule has 0 aromatic heterocycles. The fourth-order valence-electron chi connectivity index (χ4n) is 3.73. The summed E-state index contributed by atoms with van der Waals surface area (Å²) in [6, 6.07) is -0.429. The van der Waals surface area contributed by atoms with E-state index in [4.69, 9.17) is 18.9 Å². The molecular formula is C27H40N2O10. The lowest BCUT2D eigenvalue weighted by Crippen LogP contribution is -2.53. The van der Waals surface area contributed by atoms with E-state index in [0.717, 1.165) is 31.8 Å². The van der Waals surface area contributed by atoms with Gasteiger partial charge in [-0.05, 0) is 32.6 Å². The molecule has 1 fully saturated rings. The molecule has 2 N–H and O–H groups in total.